The maximum atomic E-state index is 12.8. The van der Waals surface area contributed by atoms with Crippen LogP contribution in [0.2, 0.25) is 0 Å². The van der Waals surface area contributed by atoms with E-state index in [1.807, 2.05) is 30.3 Å². The van der Waals surface area contributed by atoms with Crippen LogP contribution in [0.3, 0.4) is 0 Å². The minimum Gasteiger partial charge on any atom is -0.296 e. The standard InChI is InChI=1S/C14H13FN2O3S/c15-21(19,20)9-10-7-13(18)17(8-10)14-12-4-2-1-3-11(12)5-6-16-14/h1-6,10H,7-9H2. The lowest BCUT2D eigenvalue weighted by Crippen LogP contribution is -2.26. The van der Waals surface area contributed by atoms with Gasteiger partial charge in [-0.1, -0.05) is 24.3 Å². The first-order chi connectivity index (χ1) is 9.94. The average molecular weight is 308 g/mol. The largest absolute Gasteiger partial charge is 0.302 e. The molecule has 0 spiro atoms. The van der Waals surface area contributed by atoms with Gasteiger partial charge in [-0.15, -0.1) is 3.89 Å². The highest BCUT2D eigenvalue weighted by Gasteiger charge is 2.34. The van der Waals surface area contributed by atoms with Crippen LogP contribution in [0, 0.1) is 5.92 Å². The molecule has 5 nitrogen and oxygen atoms in total. The summed E-state index contributed by atoms with van der Waals surface area (Å²) >= 11 is 0. The Kier molecular flexibility index (Phi) is 3.36. The van der Waals surface area contributed by atoms with Crippen molar-refractivity contribution in [2.24, 2.45) is 5.92 Å². The van der Waals surface area contributed by atoms with Gasteiger partial charge < -0.3 is 0 Å². The zero-order valence-corrected chi connectivity index (χ0v) is 11.9. The Hall–Kier alpha value is -2.02. The number of pyridine rings is 1. The van der Waals surface area contributed by atoms with E-state index in [4.69, 9.17) is 0 Å². The maximum absolute atomic E-state index is 12.8. The van der Waals surface area contributed by atoms with Crippen molar-refractivity contribution in [3.8, 4) is 0 Å². The first kappa shape index (κ1) is 13.9. The lowest BCUT2D eigenvalue weighted by molar-refractivity contribution is -0.117. The number of fused-ring (bicyclic) bond motifs is 1. The molecule has 2 heterocycles. The first-order valence-electron chi connectivity index (χ1n) is 6.50. The van der Waals surface area contributed by atoms with Crippen LogP contribution in [0.1, 0.15) is 6.42 Å². The van der Waals surface area contributed by atoms with Crippen molar-refractivity contribution >= 4 is 32.7 Å². The molecule has 1 atom stereocenters. The molecular formula is C14H13FN2O3S. The van der Waals surface area contributed by atoms with Crippen molar-refractivity contribution in [3.63, 3.8) is 0 Å². The molecule has 1 saturated heterocycles. The Morgan fingerprint density at radius 3 is 2.81 bits per heavy atom. The summed E-state index contributed by atoms with van der Waals surface area (Å²) in [6.45, 7) is 0.170. The van der Waals surface area contributed by atoms with Crippen LogP contribution >= 0.6 is 0 Å². The molecule has 3 rings (SSSR count). The summed E-state index contributed by atoms with van der Waals surface area (Å²) in [5, 5.41) is 1.76. The highest BCUT2D eigenvalue weighted by molar-refractivity contribution is 7.86. The van der Waals surface area contributed by atoms with Gasteiger partial charge in [-0.2, -0.15) is 8.42 Å². The highest BCUT2D eigenvalue weighted by Crippen LogP contribution is 2.30. The van der Waals surface area contributed by atoms with Crippen LogP contribution in [-0.2, 0) is 15.0 Å². The molecule has 1 unspecified atom stereocenters. The minimum atomic E-state index is -4.58. The molecule has 1 aromatic carbocycles. The Balaban J connectivity index is 1.95. The van der Waals surface area contributed by atoms with Crippen LogP contribution < -0.4 is 4.90 Å². The molecular weight excluding hydrogens is 295 g/mol. The fraction of sp³-hybridized carbons (Fsp3) is 0.286. The van der Waals surface area contributed by atoms with Crippen molar-refractivity contribution in [1.29, 1.82) is 0 Å². The van der Waals surface area contributed by atoms with E-state index in [9.17, 15) is 17.1 Å². The van der Waals surface area contributed by atoms with Gasteiger partial charge in [-0.3, -0.25) is 9.69 Å². The van der Waals surface area contributed by atoms with E-state index >= 15 is 0 Å². The molecule has 1 fully saturated rings. The summed E-state index contributed by atoms with van der Waals surface area (Å²) in [7, 11) is -4.58. The molecule has 0 bridgehead atoms. The van der Waals surface area contributed by atoms with Crippen LogP contribution in [-0.4, -0.2) is 31.6 Å². The first-order valence-corrected chi connectivity index (χ1v) is 8.06. The Labute approximate surface area is 121 Å². The average Bonchev–Trinajstić information content (AvgIpc) is 2.76. The maximum Gasteiger partial charge on any atom is 0.302 e. The fourth-order valence-electron chi connectivity index (χ4n) is 2.70. The van der Waals surface area contributed by atoms with Crippen molar-refractivity contribution in [1.82, 2.24) is 4.98 Å². The van der Waals surface area contributed by atoms with Gasteiger partial charge in [0, 0.05) is 30.5 Å². The van der Waals surface area contributed by atoms with Crippen molar-refractivity contribution < 1.29 is 17.1 Å². The normalized spacial score (nSPS) is 19.4. The molecule has 1 aromatic heterocycles. The molecule has 0 aliphatic carbocycles. The van der Waals surface area contributed by atoms with Gasteiger partial charge in [0.05, 0.1) is 5.75 Å². The number of hydrogen-bond acceptors (Lipinski definition) is 4. The topological polar surface area (TPSA) is 67.3 Å². The SMILES string of the molecule is O=C1CC(CS(=O)(=O)F)CN1c1nccc2ccccc12. The number of carbonyl (C=O) groups is 1. The van der Waals surface area contributed by atoms with E-state index < -0.39 is 21.9 Å². The predicted molar refractivity (Wildman–Crippen MR) is 77.1 cm³/mol. The van der Waals surface area contributed by atoms with Crippen LogP contribution in [0.15, 0.2) is 36.5 Å². The molecule has 2 aromatic rings. The quantitative estimate of drug-likeness (QED) is 0.812. The Morgan fingerprint density at radius 2 is 2.05 bits per heavy atom. The third-order valence-corrected chi connectivity index (χ3v) is 4.42. The lowest BCUT2D eigenvalue weighted by atomic mass is 10.1. The molecule has 1 aliphatic heterocycles. The Bertz CT molecular complexity index is 801. The second kappa shape index (κ2) is 5.07. The number of halogens is 1. The van der Waals surface area contributed by atoms with Crippen LogP contribution in [0.4, 0.5) is 9.70 Å². The third-order valence-electron chi connectivity index (χ3n) is 3.55. The molecule has 110 valence electrons. The minimum absolute atomic E-state index is 0.0219. The summed E-state index contributed by atoms with van der Waals surface area (Å²) < 4.78 is 34.3. The van der Waals surface area contributed by atoms with E-state index in [2.05, 4.69) is 4.98 Å². The summed E-state index contributed by atoms with van der Waals surface area (Å²) in [6, 6.07) is 9.32. The second-order valence-corrected chi connectivity index (χ2v) is 6.55. The Morgan fingerprint density at radius 1 is 1.29 bits per heavy atom. The van der Waals surface area contributed by atoms with Crippen molar-refractivity contribution in [2.75, 3.05) is 17.2 Å². The number of aromatic nitrogens is 1. The molecule has 0 N–H and O–H groups in total. The number of rotatable bonds is 3. The molecule has 1 amide bonds. The number of nitrogens with zero attached hydrogens (tertiary/aromatic N) is 2. The summed E-state index contributed by atoms with van der Waals surface area (Å²) in [6.07, 6.45) is 1.62. The highest BCUT2D eigenvalue weighted by atomic mass is 32.3. The zero-order valence-electron chi connectivity index (χ0n) is 11.1. The second-order valence-electron chi connectivity index (χ2n) is 5.14. The van der Waals surface area contributed by atoms with E-state index in [1.54, 1.807) is 6.20 Å². The zero-order chi connectivity index (χ0) is 15.0. The summed E-state index contributed by atoms with van der Waals surface area (Å²) in [4.78, 5) is 17.8. The number of benzene rings is 1. The fourth-order valence-corrected chi connectivity index (χ4v) is 3.48. The van der Waals surface area contributed by atoms with Crippen molar-refractivity contribution in [2.45, 2.75) is 6.42 Å². The van der Waals surface area contributed by atoms with E-state index in [1.165, 1.54) is 4.90 Å². The monoisotopic (exact) mass is 308 g/mol. The molecule has 1 aliphatic rings. The van der Waals surface area contributed by atoms with Gasteiger partial charge in [0.1, 0.15) is 5.82 Å². The molecule has 0 saturated carbocycles. The number of carbonyl (C=O) groups excluding carboxylic acids is 1. The van der Waals surface area contributed by atoms with E-state index in [0.717, 1.165) is 10.8 Å². The number of hydrogen-bond donors (Lipinski definition) is 0. The van der Waals surface area contributed by atoms with Gasteiger partial charge in [0.15, 0.2) is 0 Å². The van der Waals surface area contributed by atoms with Gasteiger partial charge in [0.25, 0.3) is 0 Å². The van der Waals surface area contributed by atoms with Crippen molar-refractivity contribution in [3.05, 3.63) is 36.5 Å². The van der Waals surface area contributed by atoms with E-state index in [0.29, 0.717) is 5.82 Å². The molecule has 7 heteroatoms. The smallest absolute Gasteiger partial charge is 0.296 e. The summed E-state index contributed by atoms with van der Waals surface area (Å²) in [5.41, 5.74) is 0. The summed E-state index contributed by atoms with van der Waals surface area (Å²) in [5.74, 6) is -0.891. The molecule has 21 heavy (non-hydrogen) atoms. The third kappa shape index (κ3) is 2.87. The van der Waals surface area contributed by atoms with Gasteiger partial charge in [-0.25, -0.2) is 4.98 Å². The number of amides is 1. The lowest BCUT2D eigenvalue weighted by Gasteiger charge is -2.17. The van der Waals surface area contributed by atoms with E-state index in [-0.39, 0.29) is 18.9 Å². The van der Waals surface area contributed by atoms with Gasteiger partial charge >= 0.3 is 10.2 Å². The molecule has 0 radical (unpaired) electrons. The predicted octanol–water partition coefficient (Wildman–Crippen LogP) is 1.89. The number of anilines is 1. The van der Waals surface area contributed by atoms with Gasteiger partial charge in [-0.05, 0) is 11.5 Å². The van der Waals surface area contributed by atoms with Crippen LogP contribution in [0.5, 0.6) is 0 Å². The van der Waals surface area contributed by atoms with Gasteiger partial charge in [0.2, 0.25) is 5.91 Å². The van der Waals surface area contributed by atoms with Crippen LogP contribution in [0.25, 0.3) is 10.8 Å².